The van der Waals surface area contributed by atoms with E-state index < -0.39 is 0 Å². The largest absolute Gasteiger partial charge is 0.473 e. The molecule has 0 unspecified atom stereocenters. The van der Waals surface area contributed by atoms with Gasteiger partial charge in [0.15, 0.2) is 0 Å². The molecule has 3 heterocycles. The van der Waals surface area contributed by atoms with Crippen LogP contribution in [-0.2, 0) is 13.2 Å². The van der Waals surface area contributed by atoms with Crippen LogP contribution in [0.5, 0.6) is 11.8 Å². The lowest BCUT2D eigenvalue weighted by molar-refractivity contribution is 0.178. The molecule has 244 valence electrons. The van der Waals surface area contributed by atoms with Crippen LogP contribution < -0.4 is 19.3 Å². The number of nitrogens with zero attached hydrogens (tertiary/aromatic N) is 4. The summed E-state index contributed by atoms with van der Waals surface area (Å²) < 4.78 is 12.3. The van der Waals surface area contributed by atoms with E-state index in [-0.39, 0.29) is 6.03 Å². The molecule has 0 aliphatic carbocycles. The fourth-order valence-corrected chi connectivity index (χ4v) is 6.63. The average Bonchev–Trinajstić information content (AvgIpc) is 3.16. The first-order valence-electron chi connectivity index (χ1n) is 17.0. The maximum Gasteiger partial charge on any atom is 0.324 e. The Kier molecular flexibility index (Phi) is 9.83. The summed E-state index contributed by atoms with van der Waals surface area (Å²) in [4.78, 5) is 24.5. The SMILES string of the molecule is O=C1N(CC2CCN(c3ccc(-c4ccc(OCc5ccccc5)nc4OCc4ccccc4)cc3)CC2)CCCN1c1ccccc1. The number of carbonyl (C=O) groups is 1. The second-order valence-corrected chi connectivity index (χ2v) is 12.6. The maximum absolute atomic E-state index is 13.3. The van der Waals surface area contributed by atoms with E-state index >= 15 is 0 Å². The topological polar surface area (TPSA) is 58.1 Å². The van der Waals surface area contributed by atoms with Crippen LogP contribution in [0.25, 0.3) is 11.1 Å². The van der Waals surface area contributed by atoms with E-state index in [1.807, 2.05) is 95.9 Å². The van der Waals surface area contributed by atoms with E-state index in [1.54, 1.807) is 0 Å². The van der Waals surface area contributed by atoms with Gasteiger partial charge < -0.3 is 19.3 Å². The summed E-state index contributed by atoms with van der Waals surface area (Å²) in [5.41, 5.74) is 6.35. The smallest absolute Gasteiger partial charge is 0.324 e. The number of aromatic nitrogens is 1. The number of carbonyl (C=O) groups excluding carboxylic acids is 1. The molecular formula is C41H42N4O3. The molecule has 2 fully saturated rings. The van der Waals surface area contributed by atoms with Crippen LogP contribution in [0, 0.1) is 5.92 Å². The third kappa shape index (κ3) is 7.63. The van der Waals surface area contributed by atoms with E-state index in [1.165, 1.54) is 5.69 Å². The Morgan fingerprint density at radius 1 is 0.625 bits per heavy atom. The van der Waals surface area contributed by atoms with Gasteiger partial charge in [-0.2, -0.15) is 4.98 Å². The van der Waals surface area contributed by atoms with Crippen molar-refractivity contribution < 1.29 is 14.3 Å². The quantitative estimate of drug-likeness (QED) is 0.145. The van der Waals surface area contributed by atoms with Gasteiger partial charge >= 0.3 is 6.03 Å². The van der Waals surface area contributed by atoms with Gasteiger partial charge in [0.25, 0.3) is 0 Å². The van der Waals surface area contributed by atoms with Gasteiger partial charge in [0.2, 0.25) is 11.8 Å². The van der Waals surface area contributed by atoms with Crippen LogP contribution >= 0.6 is 0 Å². The van der Waals surface area contributed by atoms with Gasteiger partial charge in [0, 0.05) is 55.7 Å². The molecule has 0 radical (unpaired) electrons. The van der Waals surface area contributed by atoms with Crippen LogP contribution in [0.1, 0.15) is 30.4 Å². The van der Waals surface area contributed by atoms with E-state index in [2.05, 4.69) is 46.2 Å². The minimum atomic E-state index is 0.142. The summed E-state index contributed by atoms with van der Waals surface area (Å²) in [6, 6.07) is 43.1. The maximum atomic E-state index is 13.3. The highest BCUT2D eigenvalue weighted by atomic mass is 16.5. The summed E-state index contributed by atoms with van der Waals surface area (Å²) >= 11 is 0. The average molecular weight is 639 g/mol. The Labute approximate surface area is 283 Å². The molecule has 48 heavy (non-hydrogen) atoms. The third-order valence-corrected chi connectivity index (χ3v) is 9.30. The van der Waals surface area contributed by atoms with Crippen molar-refractivity contribution in [3.63, 3.8) is 0 Å². The Morgan fingerprint density at radius 2 is 1.25 bits per heavy atom. The van der Waals surface area contributed by atoms with E-state index in [0.717, 1.165) is 79.9 Å². The number of amides is 2. The molecule has 7 nitrogen and oxygen atoms in total. The summed E-state index contributed by atoms with van der Waals surface area (Å²) in [7, 11) is 0. The van der Waals surface area contributed by atoms with Gasteiger partial charge in [-0.25, -0.2) is 4.79 Å². The molecular weight excluding hydrogens is 596 g/mol. The number of ether oxygens (including phenoxy) is 2. The number of urea groups is 1. The second-order valence-electron chi connectivity index (χ2n) is 12.6. The number of piperidine rings is 1. The van der Waals surface area contributed by atoms with E-state index in [0.29, 0.717) is 30.9 Å². The van der Waals surface area contributed by atoms with Crippen molar-refractivity contribution in [3.05, 3.63) is 139 Å². The number of para-hydroxylation sites is 1. The molecule has 0 atom stereocenters. The zero-order chi connectivity index (χ0) is 32.5. The molecule has 7 heteroatoms. The van der Waals surface area contributed by atoms with Crippen LogP contribution in [0.3, 0.4) is 0 Å². The summed E-state index contributed by atoms with van der Waals surface area (Å²) in [5.74, 6) is 1.60. The van der Waals surface area contributed by atoms with Crippen LogP contribution in [0.15, 0.2) is 127 Å². The Balaban J connectivity index is 0.987. The summed E-state index contributed by atoms with van der Waals surface area (Å²) in [5, 5.41) is 0. The third-order valence-electron chi connectivity index (χ3n) is 9.30. The Morgan fingerprint density at radius 3 is 1.92 bits per heavy atom. The molecule has 4 aromatic carbocycles. The fraction of sp³-hybridized carbons (Fsp3) is 0.268. The van der Waals surface area contributed by atoms with Gasteiger partial charge in [0.1, 0.15) is 13.2 Å². The Hall–Kier alpha value is -5.30. The minimum Gasteiger partial charge on any atom is -0.473 e. The fourth-order valence-electron chi connectivity index (χ4n) is 6.63. The molecule has 5 aromatic rings. The molecule has 7 rings (SSSR count). The first-order valence-corrected chi connectivity index (χ1v) is 17.0. The van der Waals surface area contributed by atoms with Gasteiger partial charge in [0.05, 0.1) is 0 Å². The van der Waals surface area contributed by atoms with Crippen molar-refractivity contribution in [2.24, 2.45) is 5.92 Å². The first kappa shape index (κ1) is 31.3. The zero-order valence-electron chi connectivity index (χ0n) is 27.3. The monoisotopic (exact) mass is 638 g/mol. The number of benzene rings is 4. The van der Waals surface area contributed by atoms with Crippen molar-refractivity contribution in [2.45, 2.75) is 32.5 Å². The van der Waals surface area contributed by atoms with Gasteiger partial charge in [-0.3, -0.25) is 4.90 Å². The number of pyridine rings is 1. The van der Waals surface area contributed by atoms with Crippen LogP contribution in [0.4, 0.5) is 16.2 Å². The van der Waals surface area contributed by atoms with Gasteiger partial charge in [-0.1, -0.05) is 91.0 Å². The predicted molar refractivity (Wildman–Crippen MR) is 192 cm³/mol. The summed E-state index contributed by atoms with van der Waals surface area (Å²) in [6.45, 7) is 5.29. The first-order chi connectivity index (χ1) is 23.7. The zero-order valence-corrected chi connectivity index (χ0v) is 27.3. The van der Waals surface area contributed by atoms with E-state index in [9.17, 15) is 4.79 Å². The molecule has 0 spiro atoms. The highest BCUT2D eigenvalue weighted by Gasteiger charge is 2.30. The van der Waals surface area contributed by atoms with E-state index in [4.69, 9.17) is 14.5 Å². The second kappa shape index (κ2) is 15.1. The number of anilines is 2. The molecule has 0 N–H and O–H groups in total. The molecule has 1 aromatic heterocycles. The number of hydrogen-bond donors (Lipinski definition) is 0. The lowest BCUT2D eigenvalue weighted by atomic mass is 9.95. The standard InChI is InChI=1S/C41H42N4O3/c46-41-44(25-10-26-45(41)37-15-8-3-9-16-37)29-32-23-27-43(28-24-32)36-19-17-35(18-20-36)38-21-22-39(47-30-33-11-4-1-5-12-33)42-40(38)48-31-34-13-6-2-7-14-34/h1-9,11-22,32H,10,23-31H2. The van der Waals surface area contributed by atoms with Crippen molar-refractivity contribution in [1.29, 1.82) is 0 Å². The van der Waals surface area contributed by atoms with Crippen LogP contribution in [-0.4, -0.2) is 48.6 Å². The van der Waals surface area contributed by atoms with Crippen molar-refractivity contribution in [3.8, 4) is 22.9 Å². The van der Waals surface area contributed by atoms with Gasteiger partial charge in [-0.05, 0) is 72.2 Å². The number of hydrogen-bond acceptors (Lipinski definition) is 5. The minimum absolute atomic E-state index is 0.142. The van der Waals surface area contributed by atoms with Crippen LogP contribution in [0.2, 0.25) is 0 Å². The molecule has 2 aliphatic rings. The van der Waals surface area contributed by atoms with Crippen molar-refractivity contribution >= 4 is 17.4 Å². The Bertz CT molecular complexity index is 1760. The predicted octanol–water partition coefficient (Wildman–Crippen LogP) is 8.46. The molecule has 0 saturated carbocycles. The molecule has 2 aliphatic heterocycles. The number of rotatable bonds is 11. The molecule has 0 bridgehead atoms. The lowest BCUT2D eigenvalue weighted by Gasteiger charge is -2.40. The molecule has 2 saturated heterocycles. The normalized spacial score (nSPS) is 15.4. The van der Waals surface area contributed by atoms with Gasteiger partial charge in [-0.15, -0.1) is 0 Å². The lowest BCUT2D eigenvalue weighted by Crippen LogP contribution is -2.51. The van der Waals surface area contributed by atoms with Crippen molar-refractivity contribution in [2.75, 3.05) is 42.5 Å². The molecule has 2 amide bonds. The highest BCUT2D eigenvalue weighted by Crippen LogP contribution is 2.34. The van der Waals surface area contributed by atoms with Crippen molar-refractivity contribution in [1.82, 2.24) is 9.88 Å². The highest BCUT2D eigenvalue weighted by molar-refractivity contribution is 5.92. The summed E-state index contributed by atoms with van der Waals surface area (Å²) in [6.07, 6.45) is 3.15.